The fourth-order valence-corrected chi connectivity index (χ4v) is 4.23. The standard InChI is InChI=1S/C23H24F6N2O/c1-14-5-3-4-6-18(14)20-12-30-8-7-19(20)21(32)31(2)13-15-9-16(22(24,25)26)11-17(10-15)23(27,28)29/h3-6,9-11,19-20,30H,7-8,12-13H2,1-2H3/t19-,20+/m1/s1. The number of piperidine rings is 1. The van der Waals surface area contributed by atoms with Gasteiger partial charge in [0.2, 0.25) is 5.91 Å². The smallest absolute Gasteiger partial charge is 0.341 e. The number of hydrogen-bond donors (Lipinski definition) is 1. The first-order valence-corrected chi connectivity index (χ1v) is 10.2. The average Bonchev–Trinajstić information content (AvgIpc) is 2.72. The van der Waals surface area contributed by atoms with E-state index in [0.717, 1.165) is 11.1 Å². The molecule has 1 aliphatic rings. The van der Waals surface area contributed by atoms with Crippen molar-refractivity contribution in [1.82, 2.24) is 10.2 Å². The molecule has 0 bridgehead atoms. The van der Waals surface area contributed by atoms with E-state index in [0.29, 0.717) is 31.6 Å². The monoisotopic (exact) mass is 458 g/mol. The molecule has 1 N–H and O–H groups in total. The van der Waals surface area contributed by atoms with Crippen molar-refractivity contribution >= 4 is 5.91 Å². The van der Waals surface area contributed by atoms with Crippen molar-refractivity contribution in [3.63, 3.8) is 0 Å². The second kappa shape index (κ2) is 9.13. The van der Waals surface area contributed by atoms with Gasteiger partial charge in [0.25, 0.3) is 0 Å². The molecule has 1 saturated heterocycles. The van der Waals surface area contributed by atoms with Crippen LogP contribution in [-0.4, -0.2) is 30.9 Å². The number of alkyl halides is 6. The first-order chi connectivity index (χ1) is 14.9. The zero-order valence-corrected chi connectivity index (χ0v) is 17.6. The van der Waals surface area contributed by atoms with E-state index >= 15 is 0 Å². The summed E-state index contributed by atoms with van der Waals surface area (Å²) in [6.07, 6.45) is -9.33. The fraction of sp³-hybridized carbons (Fsp3) is 0.435. The molecule has 9 heteroatoms. The van der Waals surface area contributed by atoms with Crippen LogP contribution in [0.1, 0.15) is 40.2 Å². The Morgan fingerprint density at radius 1 is 1.03 bits per heavy atom. The highest BCUT2D eigenvalue weighted by Crippen LogP contribution is 2.37. The predicted molar refractivity (Wildman–Crippen MR) is 108 cm³/mol. The molecule has 32 heavy (non-hydrogen) atoms. The Morgan fingerprint density at radius 3 is 2.19 bits per heavy atom. The molecule has 3 nitrogen and oxygen atoms in total. The highest BCUT2D eigenvalue weighted by molar-refractivity contribution is 5.80. The second-order valence-corrected chi connectivity index (χ2v) is 8.17. The van der Waals surface area contributed by atoms with Gasteiger partial charge in [-0.3, -0.25) is 4.79 Å². The molecular weight excluding hydrogens is 434 g/mol. The van der Waals surface area contributed by atoms with Crippen molar-refractivity contribution in [3.05, 3.63) is 70.3 Å². The van der Waals surface area contributed by atoms with Crippen molar-refractivity contribution in [2.75, 3.05) is 20.1 Å². The van der Waals surface area contributed by atoms with Crippen molar-refractivity contribution in [1.29, 1.82) is 0 Å². The first kappa shape index (κ1) is 24.1. The van der Waals surface area contributed by atoms with Gasteiger partial charge < -0.3 is 10.2 Å². The van der Waals surface area contributed by atoms with Crippen LogP contribution < -0.4 is 5.32 Å². The fourth-order valence-electron chi connectivity index (χ4n) is 4.23. The van der Waals surface area contributed by atoms with Crippen LogP contribution in [0.25, 0.3) is 0 Å². The summed E-state index contributed by atoms with van der Waals surface area (Å²) in [5.74, 6) is -0.854. The van der Waals surface area contributed by atoms with Gasteiger partial charge in [-0.25, -0.2) is 0 Å². The maximum absolute atomic E-state index is 13.2. The van der Waals surface area contributed by atoms with Gasteiger partial charge in [0, 0.05) is 32.0 Å². The van der Waals surface area contributed by atoms with E-state index < -0.39 is 29.4 Å². The quantitative estimate of drug-likeness (QED) is 0.624. The lowest BCUT2D eigenvalue weighted by Gasteiger charge is -2.35. The minimum atomic E-state index is -4.93. The maximum Gasteiger partial charge on any atom is 0.416 e. The number of amides is 1. The summed E-state index contributed by atoms with van der Waals surface area (Å²) in [6.45, 7) is 2.76. The number of halogens is 6. The molecule has 0 unspecified atom stereocenters. The lowest BCUT2D eigenvalue weighted by atomic mass is 9.79. The number of rotatable bonds is 4. The SMILES string of the molecule is Cc1ccccc1[C@@H]1CNCC[C@H]1C(=O)N(C)Cc1cc(C(F)(F)F)cc(C(F)(F)F)c1. The molecule has 1 aliphatic heterocycles. The number of nitrogens with zero attached hydrogens (tertiary/aromatic N) is 1. The number of aryl methyl sites for hydroxylation is 1. The number of carbonyl (C=O) groups excluding carboxylic acids is 1. The summed E-state index contributed by atoms with van der Waals surface area (Å²) in [5.41, 5.74) is -0.964. The third-order valence-electron chi connectivity index (χ3n) is 5.83. The number of hydrogen-bond acceptors (Lipinski definition) is 2. The summed E-state index contributed by atoms with van der Waals surface area (Å²) < 4.78 is 78.9. The molecule has 0 spiro atoms. The van der Waals surface area contributed by atoms with Crippen molar-refractivity contribution in [3.8, 4) is 0 Å². The van der Waals surface area contributed by atoms with Gasteiger partial charge >= 0.3 is 12.4 Å². The largest absolute Gasteiger partial charge is 0.416 e. The average molecular weight is 458 g/mol. The molecule has 0 saturated carbocycles. The van der Waals surface area contributed by atoms with E-state index in [2.05, 4.69) is 5.32 Å². The van der Waals surface area contributed by atoms with E-state index in [1.165, 1.54) is 11.9 Å². The molecule has 174 valence electrons. The van der Waals surface area contributed by atoms with Gasteiger partial charge in [0.1, 0.15) is 0 Å². The molecule has 3 rings (SSSR count). The minimum Gasteiger partial charge on any atom is -0.341 e. The molecule has 1 heterocycles. The van der Waals surface area contributed by atoms with Gasteiger partial charge in [0.15, 0.2) is 0 Å². The summed E-state index contributed by atoms with van der Waals surface area (Å²) in [4.78, 5) is 14.4. The van der Waals surface area contributed by atoms with Gasteiger partial charge in [-0.2, -0.15) is 26.3 Å². The van der Waals surface area contributed by atoms with Gasteiger partial charge in [-0.05, 0) is 54.8 Å². The maximum atomic E-state index is 13.2. The van der Waals surface area contributed by atoms with Crippen LogP contribution in [0.5, 0.6) is 0 Å². The van der Waals surface area contributed by atoms with Crippen LogP contribution in [-0.2, 0) is 23.7 Å². The number of nitrogens with one attached hydrogen (secondary N) is 1. The van der Waals surface area contributed by atoms with Gasteiger partial charge in [-0.1, -0.05) is 24.3 Å². The summed E-state index contributed by atoms with van der Waals surface area (Å²) in [6, 6.07) is 9.08. The lowest BCUT2D eigenvalue weighted by Crippen LogP contribution is -2.44. The molecular formula is C23H24F6N2O. The molecule has 1 amide bonds. The molecule has 2 aromatic carbocycles. The van der Waals surface area contributed by atoms with Crippen molar-refractivity contribution in [2.45, 2.75) is 38.2 Å². The Kier molecular flexibility index (Phi) is 6.88. The predicted octanol–water partition coefficient (Wildman–Crippen LogP) is 5.38. The van der Waals surface area contributed by atoms with Crippen molar-refractivity contribution < 1.29 is 31.1 Å². The van der Waals surface area contributed by atoms with E-state index in [9.17, 15) is 31.1 Å². The first-order valence-electron chi connectivity index (χ1n) is 10.2. The number of benzene rings is 2. The number of carbonyl (C=O) groups is 1. The van der Waals surface area contributed by atoms with Gasteiger partial charge in [-0.15, -0.1) is 0 Å². The van der Waals surface area contributed by atoms with E-state index in [4.69, 9.17) is 0 Å². The van der Waals surface area contributed by atoms with Crippen LogP contribution in [0, 0.1) is 12.8 Å². The third-order valence-corrected chi connectivity index (χ3v) is 5.83. The van der Waals surface area contributed by atoms with Crippen LogP contribution in [0.3, 0.4) is 0 Å². The molecule has 0 aliphatic carbocycles. The zero-order chi connectivity index (χ0) is 23.7. The molecule has 0 aromatic heterocycles. The summed E-state index contributed by atoms with van der Waals surface area (Å²) >= 11 is 0. The van der Waals surface area contributed by atoms with Crippen LogP contribution in [0.15, 0.2) is 42.5 Å². The lowest BCUT2D eigenvalue weighted by molar-refractivity contribution is -0.143. The molecule has 1 fully saturated rings. The van der Waals surface area contributed by atoms with Crippen LogP contribution >= 0.6 is 0 Å². The highest BCUT2D eigenvalue weighted by atomic mass is 19.4. The molecule has 2 aromatic rings. The Morgan fingerprint density at radius 2 is 1.62 bits per heavy atom. The van der Waals surface area contributed by atoms with E-state index in [1.807, 2.05) is 31.2 Å². The normalized spacial score (nSPS) is 19.6. The van der Waals surface area contributed by atoms with Crippen LogP contribution in [0.2, 0.25) is 0 Å². The van der Waals surface area contributed by atoms with Crippen molar-refractivity contribution in [2.24, 2.45) is 5.92 Å². The third kappa shape index (κ3) is 5.43. The zero-order valence-electron chi connectivity index (χ0n) is 17.6. The van der Waals surface area contributed by atoms with E-state index in [-0.39, 0.29) is 30.0 Å². The summed E-state index contributed by atoms with van der Waals surface area (Å²) in [5, 5.41) is 3.26. The van der Waals surface area contributed by atoms with Crippen LogP contribution in [0.4, 0.5) is 26.3 Å². The Labute approximate surface area is 182 Å². The highest BCUT2D eigenvalue weighted by Gasteiger charge is 2.38. The topological polar surface area (TPSA) is 32.3 Å². The molecule has 0 radical (unpaired) electrons. The summed E-state index contributed by atoms with van der Waals surface area (Å²) in [7, 11) is 1.41. The minimum absolute atomic E-state index is 0.0896. The molecule has 2 atom stereocenters. The Hall–Kier alpha value is -2.55. The second-order valence-electron chi connectivity index (χ2n) is 8.17. The Bertz CT molecular complexity index is 937. The van der Waals surface area contributed by atoms with E-state index in [1.54, 1.807) is 0 Å². The van der Waals surface area contributed by atoms with Gasteiger partial charge in [0.05, 0.1) is 11.1 Å². The Balaban J connectivity index is 1.86.